The zero-order valence-electron chi connectivity index (χ0n) is 30.7. The Morgan fingerprint density at radius 3 is 1.23 bits per heavy atom. The Balaban J connectivity index is 0. The van der Waals surface area contributed by atoms with Crippen LogP contribution in [0.2, 0.25) is 0 Å². The van der Waals surface area contributed by atoms with Gasteiger partial charge in [-0.2, -0.15) is 0 Å². The van der Waals surface area contributed by atoms with Gasteiger partial charge in [-0.3, -0.25) is 19.2 Å². The SMILES string of the molecule is C.CC.COC(=O)C(/C=C(/C)CCC1=C(C)CCCC1(C)C)C(=O)O.COC(=O)C(/C=C(\C)CCC1=C(C)CCCC1(C)C)C(=O)O. The van der Waals surface area contributed by atoms with Crippen molar-refractivity contribution in [2.24, 2.45) is 22.7 Å². The van der Waals surface area contributed by atoms with Crippen molar-refractivity contribution in [1.29, 1.82) is 0 Å². The molecule has 2 rings (SSSR count). The minimum absolute atomic E-state index is 0. The third-order valence-corrected chi connectivity index (χ3v) is 9.25. The van der Waals surface area contributed by atoms with Crippen LogP contribution in [0.4, 0.5) is 0 Å². The minimum atomic E-state index is -1.21. The number of rotatable bonds is 12. The molecule has 0 aromatic carbocycles. The first-order valence-corrected chi connectivity index (χ1v) is 16.7. The summed E-state index contributed by atoms with van der Waals surface area (Å²) in [5.41, 5.74) is 8.17. The number of carboxylic acids is 2. The lowest BCUT2D eigenvalue weighted by Crippen LogP contribution is -2.23. The Morgan fingerprint density at radius 1 is 0.702 bits per heavy atom. The molecule has 270 valence electrons. The molecule has 2 atom stereocenters. The number of allylic oxidation sites excluding steroid dienone is 6. The maximum absolute atomic E-state index is 11.5. The molecule has 0 saturated heterocycles. The zero-order valence-corrected chi connectivity index (χ0v) is 30.7. The number of hydrogen-bond donors (Lipinski definition) is 2. The third-order valence-electron chi connectivity index (χ3n) is 9.25. The summed E-state index contributed by atoms with van der Waals surface area (Å²) in [5, 5.41) is 18.2. The van der Waals surface area contributed by atoms with Crippen molar-refractivity contribution in [2.75, 3.05) is 14.2 Å². The predicted octanol–water partition coefficient (Wildman–Crippen LogP) is 9.89. The maximum atomic E-state index is 11.5. The van der Waals surface area contributed by atoms with Crippen LogP contribution in [0.1, 0.15) is 141 Å². The molecule has 2 aliphatic carbocycles. The molecule has 8 nitrogen and oxygen atoms in total. The predicted molar refractivity (Wildman–Crippen MR) is 191 cm³/mol. The van der Waals surface area contributed by atoms with Crippen molar-refractivity contribution in [3.05, 3.63) is 45.6 Å². The van der Waals surface area contributed by atoms with Gasteiger partial charge in [-0.25, -0.2) is 0 Å². The maximum Gasteiger partial charge on any atom is 0.323 e. The Kier molecular flexibility index (Phi) is 21.2. The van der Waals surface area contributed by atoms with Gasteiger partial charge in [0.25, 0.3) is 0 Å². The molecular weight excluding hydrogens is 596 g/mol. The summed E-state index contributed by atoms with van der Waals surface area (Å²) in [4.78, 5) is 45.3. The number of ether oxygens (including phenoxy) is 2. The highest BCUT2D eigenvalue weighted by Gasteiger charge is 2.30. The lowest BCUT2D eigenvalue weighted by atomic mass is 9.71. The number of carbonyl (C=O) groups is 4. The number of carbonyl (C=O) groups excluding carboxylic acids is 2. The third kappa shape index (κ3) is 15.1. The summed E-state index contributed by atoms with van der Waals surface area (Å²) < 4.78 is 9.09. The van der Waals surface area contributed by atoms with Gasteiger partial charge in [0.2, 0.25) is 0 Å². The minimum Gasteiger partial charge on any atom is -0.480 e. The first-order chi connectivity index (χ1) is 21.4. The van der Waals surface area contributed by atoms with Gasteiger partial charge in [0.05, 0.1) is 14.2 Å². The van der Waals surface area contributed by atoms with E-state index in [9.17, 15) is 19.2 Å². The highest BCUT2D eigenvalue weighted by Crippen LogP contribution is 2.43. The monoisotopic (exact) mass is 662 g/mol. The van der Waals surface area contributed by atoms with Crippen LogP contribution in [0.15, 0.2) is 45.6 Å². The Morgan fingerprint density at radius 2 is 1.00 bits per heavy atom. The smallest absolute Gasteiger partial charge is 0.323 e. The van der Waals surface area contributed by atoms with Crippen LogP contribution in [-0.2, 0) is 28.7 Å². The number of methoxy groups -OCH3 is 2. The van der Waals surface area contributed by atoms with Gasteiger partial charge in [0.15, 0.2) is 11.8 Å². The van der Waals surface area contributed by atoms with Gasteiger partial charge in [-0.1, -0.05) is 94.6 Å². The molecule has 0 fully saturated rings. The van der Waals surface area contributed by atoms with Gasteiger partial charge < -0.3 is 19.7 Å². The summed E-state index contributed by atoms with van der Waals surface area (Å²) in [7, 11) is 2.42. The zero-order chi connectivity index (χ0) is 35.8. The second-order valence-electron chi connectivity index (χ2n) is 13.7. The topological polar surface area (TPSA) is 127 Å². The van der Waals surface area contributed by atoms with Crippen LogP contribution in [0.3, 0.4) is 0 Å². The van der Waals surface area contributed by atoms with E-state index in [-0.39, 0.29) is 18.3 Å². The molecule has 2 unspecified atom stereocenters. The van der Waals surface area contributed by atoms with E-state index >= 15 is 0 Å². The van der Waals surface area contributed by atoms with E-state index < -0.39 is 35.7 Å². The molecule has 2 N–H and O–H groups in total. The van der Waals surface area contributed by atoms with Crippen molar-refractivity contribution >= 4 is 23.9 Å². The van der Waals surface area contributed by atoms with Crippen molar-refractivity contribution in [3.63, 3.8) is 0 Å². The number of hydrogen-bond acceptors (Lipinski definition) is 6. The van der Waals surface area contributed by atoms with Crippen LogP contribution in [0.25, 0.3) is 0 Å². The van der Waals surface area contributed by atoms with Gasteiger partial charge in [-0.15, -0.1) is 0 Å². The summed E-state index contributed by atoms with van der Waals surface area (Å²) in [5.74, 6) is -6.20. The van der Waals surface area contributed by atoms with Gasteiger partial charge in [-0.05, 0) is 103 Å². The molecule has 0 heterocycles. The standard InChI is InChI=1S/2C18H28O4.C2H6.CH4/c2*1-12(11-14(16(19)20)17(21)22-5)8-9-15-13(2)7-6-10-18(15,3)4;1-2;/h2*11,14H,6-10H2,1-5H3,(H,19,20);1-2H3;1H4/b12-11+;12-11-;;. The molecular formula is C39H66O8. The lowest BCUT2D eigenvalue weighted by Gasteiger charge is -2.35. The quantitative estimate of drug-likeness (QED) is 0.120. The van der Waals surface area contributed by atoms with Crippen LogP contribution < -0.4 is 0 Å². The molecule has 0 spiro atoms. The molecule has 0 saturated carbocycles. The fourth-order valence-corrected chi connectivity index (χ4v) is 6.57. The van der Waals surface area contributed by atoms with Crippen molar-refractivity contribution < 1.29 is 38.9 Å². The van der Waals surface area contributed by atoms with Gasteiger partial charge in [0.1, 0.15) is 0 Å². The fraction of sp³-hybridized carbons (Fsp3) is 0.692. The summed E-state index contributed by atoms with van der Waals surface area (Å²) >= 11 is 0. The number of aliphatic carboxylic acids is 2. The Hall–Kier alpha value is -3.16. The van der Waals surface area contributed by atoms with Crippen LogP contribution in [0, 0.1) is 22.7 Å². The number of carboxylic acid groups (broad SMARTS) is 2. The largest absolute Gasteiger partial charge is 0.480 e. The van der Waals surface area contributed by atoms with Gasteiger partial charge >= 0.3 is 23.9 Å². The van der Waals surface area contributed by atoms with E-state index in [1.54, 1.807) is 0 Å². The summed E-state index contributed by atoms with van der Waals surface area (Å²) in [6.45, 7) is 21.3. The average molecular weight is 663 g/mol. The van der Waals surface area contributed by atoms with E-state index in [0.717, 1.165) is 49.7 Å². The van der Waals surface area contributed by atoms with Crippen LogP contribution in [0.5, 0.6) is 0 Å². The Labute approximate surface area is 285 Å². The molecule has 0 aromatic heterocycles. The first-order valence-electron chi connectivity index (χ1n) is 16.7. The second-order valence-corrected chi connectivity index (χ2v) is 13.7. The second kappa shape index (κ2) is 21.7. The summed E-state index contributed by atoms with van der Waals surface area (Å²) in [6.07, 6.45) is 13.6. The highest BCUT2D eigenvalue weighted by atomic mass is 16.5. The van der Waals surface area contributed by atoms with E-state index in [1.165, 1.54) is 74.3 Å². The molecule has 47 heavy (non-hydrogen) atoms. The van der Waals surface area contributed by atoms with Crippen molar-refractivity contribution in [1.82, 2.24) is 0 Å². The first kappa shape index (κ1) is 46.0. The average Bonchev–Trinajstić information content (AvgIpc) is 2.97. The lowest BCUT2D eigenvalue weighted by molar-refractivity contribution is -0.156. The molecule has 8 heteroatoms. The Bertz CT molecular complexity index is 1090. The van der Waals surface area contributed by atoms with E-state index in [0.29, 0.717) is 0 Å². The van der Waals surface area contributed by atoms with Gasteiger partial charge in [0, 0.05) is 0 Å². The van der Waals surface area contributed by atoms with E-state index in [2.05, 4.69) is 51.0 Å². The molecule has 0 bridgehead atoms. The normalized spacial score (nSPS) is 18.6. The summed E-state index contributed by atoms with van der Waals surface area (Å²) in [6, 6.07) is 0. The van der Waals surface area contributed by atoms with Crippen molar-refractivity contribution in [3.8, 4) is 0 Å². The molecule has 0 aliphatic heterocycles. The number of esters is 2. The molecule has 2 aliphatic rings. The highest BCUT2D eigenvalue weighted by molar-refractivity contribution is 5.96. The molecule has 0 aromatic rings. The van der Waals surface area contributed by atoms with Crippen molar-refractivity contribution in [2.45, 2.75) is 141 Å². The van der Waals surface area contributed by atoms with E-state index in [1.807, 2.05) is 27.7 Å². The molecule has 0 amide bonds. The van der Waals surface area contributed by atoms with Crippen LogP contribution in [-0.4, -0.2) is 48.3 Å². The van der Waals surface area contributed by atoms with Crippen LogP contribution >= 0.6 is 0 Å². The fourth-order valence-electron chi connectivity index (χ4n) is 6.57. The molecule has 0 radical (unpaired) electrons. The van der Waals surface area contributed by atoms with E-state index in [4.69, 9.17) is 10.2 Å².